The smallest absolute Gasteiger partial charge is 0.208 e. The molecule has 24 heavy (non-hydrogen) atoms. The first-order valence-corrected chi connectivity index (χ1v) is 8.39. The number of likely N-dealkylation sites (N-methyl/N-ethyl adjacent to an activating group) is 1. The van der Waals surface area contributed by atoms with Gasteiger partial charge >= 0.3 is 0 Å². The Morgan fingerprint density at radius 3 is 3.00 bits per heavy atom. The molecule has 3 heterocycles. The van der Waals surface area contributed by atoms with Gasteiger partial charge < -0.3 is 14.1 Å². The number of aromatic nitrogens is 3. The topological polar surface area (TPSA) is 67.5 Å². The van der Waals surface area contributed by atoms with Crippen LogP contribution in [-0.4, -0.2) is 59.5 Å². The maximum absolute atomic E-state index is 5.90. The highest BCUT2D eigenvalue weighted by atomic mass is 16.5. The minimum absolute atomic E-state index is 0.130. The largest absolute Gasteiger partial charge is 0.444 e. The molecule has 0 bridgehead atoms. The van der Waals surface area contributed by atoms with E-state index in [-0.39, 0.29) is 6.10 Å². The molecule has 1 aliphatic heterocycles. The molecule has 7 heteroatoms. The van der Waals surface area contributed by atoms with Crippen LogP contribution in [0.2, 0.25) is 0 Å². The minimum atomic E-state index is 0.130. The van der Waals surface area contributed by atoms with Gasteiger partial charge in [-0.2, -0.15) is 5.10 Å². The number of rotatable bonds is 6. The predicted octanol–water partition coefficient (Wildman–Crippen LogP) is 1.93. The molecule has 7 nitrogen and oxygen atoms in total. The van der Waals surface area contributed by atoms with Crippen molar-refractivity contribution in [3.63, 3.8) is 0 Å². The van der Waals surface area contributed by atoms with Gasteiger partial charge in [-0.15, -0.1) is 5.10 Å². The Morgan fingerprint density at radius 1 is 1.42 bits per heavy atom. The lowest BCUT2D eigenvalue weighted by Crippen LogP contribution is -2.46. The molecule has 130 valence electrons. The lowest BCUT2D eigenvalue weighted by Gasteiger charge is -2.34. The van der Waals surface area contributed by atoms with Crippen molar-refractivity contribution in [1.29, 1.82) is 0 Å². The van der Waals surface area contributed by atoms with Gasteiger partial charge in [0.25, 0.3) is 0 Å². The summed E-state index contributed by atoms with van der Waals surface area (Å²) in [7, 11) is 2.01. The summed E-state index contributed by atoms with van der Waals surface area (Å²) in [5, 5.41) is 8.05. The first-order chi connectivity index (χ1) is 11.6. The summed E-state index contributed by atoms with van der Waals surface area (Å²) in [5.41, 5.74) is 0. The molecule has 1 aliphatic rings. The van der Waals surface area contributed by atoms with Crippen LogP contribution in [0.1, 0.15) is 31.4 Å². The monoisotopic (exact) mass is 331 g/mol. The Hall–Kier alpha value is -1.99. The third-order valence-corrected chi connectivity index (χ3v) is 4.15. The number of hydrogen-bond acceptors (Lipinski definition) is 7. The first kappa shape index (κ1) is 16.9. The molecule has 0 N–H and O–H groups in total. The van der Waals surface area contributed by atoms with Crippen LogP contribution in [0.25, 0.3) is 0 Å². The third-order valence-electron chi connectivity index (χ3n) is 4.15. The highest BCUT2D eigenvalue weighted by molar-refractivity contribution is 5.35. The number of hydrogen-bond donors (Lipinski definition) is 0. The second-order valence-corrected chi connectivity index (χ2v) is 6.50. The van der Waals surface area contributed by atoms with Crippen molar-refractivity contribution in [1.82, 2.24) is 20.1 Å². The minimum Gasteiger partial charge on any atom is -0.444 e. The van der Waals surface area contributed by atoms with Gasteiger partial charge in [0.15, 0.2) is 5.82 Å². The SMILES string of the molecule is CC(C)c1cnc(CN2CCO[C@H](CN(C)c3cccnn3)C2)o1. The van der Waals surface area contributed by atoms with E-state index in [1.165, 1.54) is 0 Å². The van der Waals surface area contributed by atoms with E-state index in [9.17, 15) is 0 Å². The van der Waals surface area contributed by atoms with Gasteiger partial charge in [0, 0.05) is 38.8 Å². The van der Waals surface area contributed by atoms with Crippen LogP contribution in [-0.2, 0) is 11.3 Å². The maximum atomic E-state index is 5.90. The van der Waals surface area contributed by atoms with Gasteiger partial charge in [0.05, 0.1) is 25.5 Å². The summed E-state index contributed by atoms with van der Waals surface area (Å²) < 4.78 is 11.7. The van der Waals surface area contributed by atoms with Gasteiger partial charge in [-0.05, 0) is 12.1 Å². The molecule has 0 unspecified atom stereocenters. The highest BCUT2D eigenvalue weighted by Crippen LogP contribution is 2.17. The van der Waals surface area contributed by atoms with Gasteiger partial charge in [0.2, 0.25) is 5.89 Å². The second kappa shape index (κ2) is 7.72. The van der Waals surface area contributed by atoms with Crippen LogP contribution in [0, 0.1) is 0 Å². The number of anilines is 1. The lowest BCUT2D eigenvalue weighted by atomic mass is 10.2. The van der Waals surface area contributed by atoms with Gasteiger partial charge in [-0.1, -0.05) is 13.8 Å². The summed E-state index contributed by atoms with van der Waals surface area (Å²) in [6.45, 7) is 8.18. The first-order valence-electron chi connectivity index (χ1n) is 8.39. The zero-order chi connectivity index (χ0) is 16.9. The van der Waals surface area contributed by atoms with E-state index in [4.69, 9.17) is 9.15 Å². The molecular formula is C17H25N5O2. The summed E-state index contributed by atoms with van der Waals surface area (Å²) >= 11 is 0. The average molecular weight is 331 g/mol. The van der Waals surface area contributed by atoms with E-state index < -0.39 is 0 Å². The molecule has 0 spiro atoms. The molecule has 1 atom stereocenters. The van der Waals surface area contributed by atoms with E-state index in [1.54, 1.807) is 6.20 Å². The van der Waals surface area contributed by atoms with Crippen LogP contribution >= 0.6 is 0 Å². The van der Waals surface area contributed by atoms with Crippen molar-refractivity contribution in [2.45, 2.75) is 32.4 Å². The number of morpholine rings is 1. The van der Waals surface area contributed by atoms with Crippen molar-refractivity contribution in [2.24, 2.45) is 0 Å². The average Bonchev–Trinajstić information content (AvgIpc) is 3.05. The Labute approximate surface area is 142 Å². The second-order valence-electron chi connectivity index (χ2n) is 6.50. The van der Waals surface area contributed by atoms with Crippen molar-refractivity contribution in [3.8, 4) is 0 Å². The van der Waals surface area contributed by atoms with E-state index in [0.29, 0.717) is 5.92 Å². The molecule has 1 saturated heterocycles. The fourth-order valence-electron chi connectivity index (χ4n) is 2.79. The highest BCUT2D eigenvalue weighted by Gasteiger charge is 2.23. The zero-order valence-corrected chi connectivity index (χ0v) is 14.6. The van der Waals surface area contributed by atoms with Gasteiger partial charge in [-0.3, -0.25) is 4.90 Å². The summed E-state index contributed by atoms with van der Waals surface area (Å²) in [6.07, 6.45) is 3.64. The number of nitrogens with zero attached hydrogens (tertiary/aromatic N) is 5. The van der Waals surface area contributed by atoms with Crippen LogP contribution < -0.4 is 4.90 Å². The summed E-state index contributed by atoms with van der Waals surface area (Å²) in [4.78, 5) is 8.79. The van der Waals surface area contributed by atoms with Gasteiger partial charge in [-0.25, -0.2) is 4.98 Å². The fourth-order valence-corrected chi connectivity index (χ4v) is 2.79. The Morgan fingerprint density at radius 2 is 2.29 bits per heavy atom. The van der Waals surface area contributed by atoms with Crippen LogP contribution in [0.5, 0.6) is 0 Å². The Kier molecular flexibility index (Phi) is 5.42. The maximum Gasteiger partial charge on any atom is 0.208 e. The van der Waals surface area contributed by atoms with Crippen molar-refractivity contribution in [2.75, 3.05) is 38.2 Å². The molecule has 2 aromatic heterocycles. The van der Waals surface area contributed by atoms with Crippen molar-refractivity contribution in [3.05, 3.63) is 36.2 Å². The standard InChI is InChI=1S/C17H25N5O2/c1-13(2)15-9-18-17(24-15)12-22-7-8-23-14(11-22)10-21(3)16-5-4-6-19-20-16/h4-6,9,13-14H,7-8,10-12H2,1-3H3/t14-/m1/s1. The van der Waals surface area contributed by atoms with E-state index in [0.717, 1.165) is 50.3 Å². The molecule has 0 amide bonds. The van der Waals surface area contributed by atoms with E-state index in [1.807, 2.05) is 25.4 Å². The van der Waals surface area contributed by atoms with Crippen LogP contribution in [0.3, 0.4) is 0 Å². The summed E-state index contributed by atoms with van der Waals surface area (Å²) in [5.74, 6) is 2.94. The molecule has 0 radical (unpaired) electrons. The normalized spacial score (nSPS) is 18.9. The third kappa shape index (κ3) is 4.30. The van der Waals surface area contributed by atoms with Crippen LogP contribution in [0.15, 0.2) is 28.9 Å². The zero-order valence-electron chi connectivity index (χ0n) is 14.6. The summed E-state index contributed by atoms with van der Waals surface area (Å²) in [6, 6.07) is 3.84. The number of oxazole rings is 1. The fraction of sp³-hybridized carbons (Fsp3) is 0.588. The molecule has 1 fully saturated rings. The molecule has 3 rings (SSSR count). The Bertz CT molecular complexity index is 631. The molecule has 0 aliphatic carbocycles. The van der Waals surface area contributed by atoms with Crippen molar-refractivity contribution < 1.29 is 9.15 Å². The van der Waals surface area contributed by atoms with E-state index >= 15 is 0 Å². The quantitative estimate of drug-likeness (QED) is 0.801. The predicted molar refractivity (Wildman–Crippen MR) is 90.9 cm³/mol. The van der Waals surface area contributed by atoms with E-state index in [2.05, 4.69) is 38.8 Å². The molecule has 0 aromatic carbocycles. The number of ether oxygens (including phenoxy) is 1. The molecule has 2 aromatic rings. The van der Waals surface area contributed by atoms with Crippen LogP contribution in [0.4, 0.5) is 5.82 Å². The Balaban J connectivity index is 1.54. The molecule has 0 saturated carbocycles. The molecular weight excluding hydrogens is 306 g/mol. The van der Waals surface area contributed by atoms with Crippen molar-refractivity contribution >= 4 is 5.82 Å². The lowest BCUT2D eigenvalue weighted by molar-refractivity contribution is -0.0288. The van der Waals surface area contributed by atoms with Gasteiger partial charge in [0.1, 0.15) is 5.76 Å².